The molecule has 240 valence electrons. The van der Waals surface area contributed by atoms with E-state index >= 15 is 0 Å². The molecule has 5 aromatic rings. The Labute approximate surface area is 278 Å². The molecule has 4 saturated carbocycles. The highest BCUT2D eigenvalue weighted by Gasteiger charge is 2.51. The molecule has 3 aromatic heterocycles. The number of carbonyl (C=O) groups is 1. The Hall–Kier alpha value is -4.31. The van der Waals surface area contributed by atoms with Crippen LogP contribution in [0, 0.1) is 30.1 Å². The van der Waals surface area contributed by atoms with Gasteiger partial charge in [-0.1, -0.05) is 29.5 Å². The summed E-state index contributed by atoms with van der Waals surface area (Å²) in [5.74, 6) is 3.78. The van der Waals surface area contributed by atoms with Gasteiger partial charge in [0.05, 0.1) is 29.1 Å². The third-order valence-electron chi connectivity index (χ3n) is 11.3. The van der Waals surface area contributed by atoms with Gasteiger partial charge in [0.15, 0.2) is 16.8 Å². The van der Waals surface area contributed by atoms with E-state index in [9.17, 15) is 4.79 Å². The smallest absolute Gasteiger partial charge is 0.338 e. The Balaban J connectivity index is 1.01. The minimum absolute atomic E-state index is 0.312. The summed E-state index contributed by atoms with van der Waals surface area (Å²) >= 11 is 1.59. The quantitative estimate of drug-likeness (QED) is 0.177. The van der Waals surface area contributed by atoms with Crippen LogP contribution < -0.4 is 10.2 Å². The number of esters is 1. The highest BCUT2D eigenvalue weighted by atomic mass is 32.1. The average Bonchev–Trinajstić information content (AvgIpc) is 3.65. The number of aromatic nitrogens is 5. The van der Waals surface area contributed by atoms with Gasteiger partial charge in [-0.15, -0.1) is 10.2 Å². The lowest BCUT2D eigenvalue weighted by atomic mass is 9.49. The highest BCUT2D eigenvalue weighted by Crippen LogP contribution is 2.60. The van der Waals surface area contributed by atoms with E-state index in [1.807, 2.05) is 36.5 Å². The van der Waals surface area contributed by atoms with Crippen LogP contribution in [0.4, 0.5) is 22.5 Å². The van der Waals surface area contributed by atoms with Crippen molar-refractivity contribution < 1.29 is 9.53 Å². The zero-order valence-corrected chi connectivity index (χ0v) is 27.7. The second-order valence-corrected chi connectivity index (χ2v) is 15.4. The molecule has 1 N–H and O–H groups in total. The zero-order chi connectivity index (χ0) is 31.7. The number of nitrogens with one attached hydrogen (secondary N) is 1. The van der Waals surface area contributed by atoms with Gasteiger partial charge in [0.1, 0.15) is 0 Å². The number of methoxy groups -OCH3 is 1. The highest BCUT2D eigenvalue weighted by molar-refractivity contribution is 7.22. The van der Waals surface area contributed by atoms with Crippen molar-refractivity contribution >= 4 is 50.0 Å². The molecule has 4 fully saturated rings. The van der Waals surface area contributed by atoms with Crippen LogP contribution in [-0.4, -0.2) is 44.6 Å². The molecule has 47 heavy (non-hydrogen) atoms. The van der Waals surface area contributed by atoms with Crippen LogP contribution in [0.5, 0.6) is 0 Å². The van der Waals surface area contributed by atoms with E-state index in [2.05, 4.69) is 55.2 Å². The molecule has 4 heterocycles. The van der Waals surface area contributed by atoms with Gasteiger partial charge in [0, 0.05) is 35.6 Å². The zero-order valence-electron chi connectivity index (χ0n) is 26.9. The van der Waals surface area contributed by atoms with E-state index in [4.69, 9.17) is 9.84 Å². The first-order valence-electron chi connectivity index (χ1n) is 17.0. The Morgan fingerprint density at radius 1 is 1.00 bits per heavy atom. The lowest BCUT2D eigenvalue weighted by molar-refractivity contribution is -0.0638. The van der Waals surface area contributed by atoms with Crippen molar-refractivity contribution in [3.8, 4) is 11.1 Å². The van der Waals surface area contributed by atoms with E-state index < -0.39 is 0 Å². The van der Waals surface area contributed by atoms with E-state index in [-0.39, 0.29) is 5.97 Å². The molecule has 4 aliphatic carbocycles. The number of nitrogens with zero attached hydrogens (tertiary/aromatic N) is 6. The molecule has 10 heteroatoms. The first kappa shape index (κ1) is 28.9. The fraction of sp³-hybridized carbons (Fsp3) is 0.432. The maximum Gasteiger partial charge on any atom is 0.338 e. The molecule has 10 rings (SSSR count). The van der Waals surface area contributed by atoms with Crippen LogP contribution in [0.15, 0.2) is 54.7 Å². The summed E-state index contributed by atoms with van der Waals surface area (Å²) < 4.78 is 8.76. The molecule has 9 nitrogen and oxygen atoms in total. The number of thiazole rings is 1. The number of carbonyl (C=O) groups excluding carboxylic acids is 1. The molecule has 0 atom stereocenters. The summed E-state index contributed by atoms with van der Waals surface area (Å²) in [4.78, 5) is 20.3. The molecule has 0 radical (unpaired) electrons. The monoisotopic (exact) mass is 645 g/mol. The predicted molar refractivity (Wildman–Crippen MR) is 185 cm³/mol. The molecular formula is C37H39N7O2S. The summed E-state index contributed by atoms with van der Waals surface area (Å²) in [6.45, 7) is 3.93. The number of hydrogen-bond donors (Lipinski definition) is 1. The van der Waals surface area contributed by atoms with Crippen molar-refractivity contribution in [3.05, 3.63) is 71.5 Å². The van der Waals surface area contributed by atoms with Gasteiger partial charge in [-0.25, -0.2) is 9.78 Å². The molecule has 2 aromatic carbocycles. The van der Waals surface area contributed by atoms with E-state index in [0.29, 0.717) is 16.8 Å². The number of rotatable bonds is 7. The number of anilines is 4. The van der Waals surface area contributed by atoms with Crippen molar-refractivity contribution in [2.75, 3.05) is 23.9 Å². The molecule has 0 amide bonds. The van der Waals surface area contributed by atoms with Gasteiger partial charge in [0.25, 0.3) is 0 Å². The standard InChI is InChI=1S/C37H39N7O2S/c1-22-28(20-38-44(22)21-37-17-23-14-24(18-37)16-25(15-23)19-37)26-9-10-30-27(34(26)35(45)46-2)6-5-13-43(30)33-12-11-32(41-42-33)40-36-39-29-7-3-4-8-31(29)47-36/h3-4,7-12,20,23-25H,5-6,13-19,21H2,1-2H3,(H,39,40,41). The average molecular weight is 646 g/mol. The number of hydrogen-bond acceptors (Lipinski definition) is 9. The summed E-state index contributed by atoms with van der Waals surface area (Å²) in [5.41, 5.74) is 6.97. The Morgan fingerprint density at radius 3 is 2.51 bits per heavy atom. The topological polar surface area (TPSA) is 98.1 Å². The summed E-state index contributed by atoms with van der Waals surface area (Å²) in [6.07, 6.45) is 12.0. The van der Waals surface area contributed by atoms with Crippen LogP contribution in [0.3, 0.4) is 0 Å². The largest absolute Gasteiger partial charge is 0.465 e. The third kappa shape index (κ3) is 4.99. The molecule has 0 unspecified atom stereocenters. The van der Waals surface area contributed by atoms with Gasteiger partial charge in [0.2, 0.25) is 0 Å². The SMILES string of the molecule is COC(=O)c1c(-c2cnn(CC34CC5CC(CC(C5)C3)C4)c2C)ccc2c1CCCN2c1ccc(Nc2nc3ccccc3s2)nn1. The molecular weight excluding hydrogens is 607 g/mol. The minimum Gasteiger partial charge on any atom is -0.465 e. The van der Waals surface area contributed by atoms with Gasteiger partial charge in [-0.05, 0) is 117 Å². The van der Waals surface area contributed by atoms with Gasteiger partial charge >= 0.3 is 5.97 Å². The van der Waals surface area contributed by atoms with Crippen molar-refractivity contribution in [2.45, 2.75) is 64.8 Å². The summed E-state index contributed by atoms with van der Waals surface area (Å²) in [6, 6.07) is 16.2. The van der Waals surface area contributed by atoms with Crippen LogP contribution >= 0.6 is 11.3 Å². The van der Waals surface area contributed by atoms with Crippen LogP contribution in [0.1, 0.15) is 66.6 Å². The van der Waals surface area contributed by atoms with Crippen molar-refractivity contribution in [1.29, 1.82) is 0 Å². The fourth-order valence-corrected chi connectivity index (χ4v) is 10.6. The van der Waals surface area contributed by atoms with E-state index in [0.717, 1.165) is 92.9 Å². The second-order valence-electron chi connectivity index (χ2n) is 14.3. The van der Waals surface area contributed by atoms with E-state index in [1.165, 1.54) is 45.6 Å². The first-order valence-corrected chi connectivity index (χ1v) is 17.8. The van der Waals surface area contributed by atoms with E-state index in [1.54, 1.807) is 11.3 Å². The number of ether oxygens (including phenoxy) is 1. The summed E-state index contributed by atoms with van der Waals surface area (Å²) in [5, 5.41) is 18.1. The molecule has 4 bridgehead atoms. The molecule has 0 saturated heterocycles. The molecule has 0 spiro atoms. The Kier molecular flexibility index (Phi) is 6.85. The Morgan fingerprint density at radius 2 is 1.79 bits per heavy atom. The van der Waals surface area contributed by atoms with Crippen molar-refractivity contribution in [3.63, 3.8) is 0 Å². The lowest BCUT2D eigenvalue weighted by Crippen LogP contribution is -2.48. The normalized spacial score (nSPS) is 24.5. The third-order valence-corrected chi connectivity index (χ3v) is 12.2. The second kappa shape index (κ2) is 11.1. The fourth-order valence-electron chi connectivity index (χ4n) is 9.72. The summed E-state index contributed by atoms with van der Waals surface area (Å²) in [7, 11) is 1.47. The maximum atomic E-state index is 13.5. The van der Waals surface area contributed by atoms with Gasteiger partial charge < -0.3 is 15.0 Å². The molecule has 5 aliphatic rings. The maximum absolute atomic E-state index is 13.5. The van der Waals surface area contributed by atoms with Crippen molar-refractivity contribution in [1.82, 2.24) is 25.0 Å². The lowest BCUT2D eigenvalue weighted by Gasteiger charge is -2.56. The van der Waals surface area contributed by atoms with Crippen molar-refractivity contribution in [2.24, 2.45) is 23.2 Å². The Bertz CT molecular complexity index is 1930. The minimum atomic E-state index is -0.312. The number of benzene rings is 2. The van der Waals surface area contributed by atoms with Crippen LogP contribution in [0.25, 0.3) is 21.3 Å². The van der Waals surface area contributed by atoms with Gasteiger partial charge in [-0.3, -0.25) is 4.68 Å². The molecule has 1 aliphatic heterocycles. The number of para-hydroxylation sites is 1. The number of fused-ring (bicyclic) bond motifs is 2. The predicted octanol–water partition coefficient (Wildman–Crippen LogP) is 8.09. The van der Waals surface area contributed by atoms with Gasteiger partial charge in [-0.2, -0.15) is 5.10 Å². The first-order chi connectivity index (χ1) is 22.9. The van der Waals surface area contributed by atoms with Crippen LogP contribution in [-0.2, 0) is 17.7 Å². The van der Waals surface area contributed by atoms with Crippen LogP contribution in [0.2, 0.25) is 0 Å².